The monoisotopic (exact) mass is 1220 g/mol. The molecule has 0 spiro atoms. The first kappa shape index (κ1) is 75.6. The van der Waals surface area contributed by atoms with E-state index in [9.17, 15) is 19.6 Å². The second-order valence-electron chi connectivity index (χ2n) is 19.1. The fourth-order valence-electron chi connectivity index (χ4n) is 8.86. The smallest absolute Gasteiger partial charge is 0.853 e. The molecule has 69 heavy (non-hydrogen) atoms. The zero-order valence-electron chi connectivity index (χ0n) is 44.8. The van der Waals surface area contributed by atoms with Crippen LogP contribution in [0.25, 0.3) is 0 Å². The van der Waals surface area contributed by atoms with E-state index < -0.39 is 31.5 Å². The normalized spacial score (nSPS) is 12.3. The van der Waals surface area contributed by atoms with Gasteiger partial charge in [0, 0.05) is 0 Å². The first-order chi connectivity index (χ1) is 32.1. The zero-order chi connectivity index (χ0) is 48.1. The Hall–Kier alpha value is 2.41. The Morgan fingerprint density at radius 1 is 0.290 bits per heavy atom. The van der Waals surface area contributed by atoms with Gasteiger partial charge in [-0.1, -0.05) is 294 Å². The summed E-state index contributed by atoms with van der Waals surface area (Å²) in [4.78, 5) is 49.8. The van der Waals surface area contributed by atoms with Gasteiger partial charge < -0.3 is 55.5 Å². The second-order valence-corrected chi connectivity index (χ2v) is 33.9. The van der Waals surface area contributed by atoms with E-state index in [0.29, 0.717) is 11.5 Å². The van der Waals surface area contributed by atoms with Crippen LogP contribution in [-0.4, -0.2) is 11.5 Å². The molecule has 0 N–H and O–H groups in total. The van der Waals surface area contributed by atoms with Crippen molar-refractivity contribution in [1.29, 1.82) is 0 Å². The number of benzene rings is 2. The predicted molar refractivity (Wildman–Crippen MR) is 298 cm³/mol. The van der Waals surface area contributed by atoms with E-state index in [4.69, 9.17) is 24.5 Å². The molecule has 0 radical (unpaired) electrons. The van der Waals surface area contributed by atoms with Crippen molar-refractivity contribution in [2.75, 3.05) is 11.5 Å². The van der Waals surface area contributed by atoms with Crippen LogP contribution in [0, 0.1) is 0 Å². The zero-order valence-corrected chi connectivity index (χ0v) is 58.7. The van der Waals surface area contributed by atoms with Gasteiger partial charge in [0.25, 0.3) is 0 Å². The first-order valence-electron chi connectivity index (χ1n) is 27.7. The van der Waals surface area contributed by atoms with Crippen molar-refractivity contribution in [3.8, 4) is 0 Å². The van der Waals surface area contributed by atoms with E-state index >= 15 is 0 Å². The van der Waals surface area contributed by atoms with E-state index in [2.05, 4.69) is 13.8 Å². The van der Waals surface area contributed by atoms with Crippen LogP contribution < -0.4 is 19.6 Å². The van der Waals surface area contributed by atoms with E-state index in [1.165, 1.54) is 231 Å². The van der Waals surface area contributed by atoms with Crippen molar-refractivity contribution in [2.45, 2.75) is 280 Å². The molecule has 2 unspecified atom stereocenters. The van der Waals surface area contributed by atoms with Crippen molar-refractivity contribution in [1.82, 2.24) is 0 Å². The van der Waals surface area contributed by atoms with Crippen LogP contribution in [0.5, 0.6) is 0 Å². The number of unbranched alkanes of at least 4 members (excludes halogenated alkanes) is 38. The Labute approximate surface area is 482 Å². The van der Waals surface area contributed by atoms with E-state index in [0.717, 1.165) is 35.5 Å². The summed E-state index contributed by atoms with van der Waals surface area (Å²) in [5.41, 5.74) is -7.46. The van der Waals surface area contributed by atoms with Gasteiger partial charge in [-0.3, -0.25) is 0 Å². The fraction of sp³-hybridized carbons (Fsp3) is 0.786. The van der Waals surface area contributed by atoms with Crippen molar-refractivity contribution in [3.05, 3.63) is 60.7 Å². The third-order valence-corrected chi connectivity index (χ3v) is 25.9. The molecule has 0 amide bonds. The molecule has 2 rings (SSSR count). The van der Waals surface area contributed by atoms with Crippen molar-refractivity contribution in [2.24, 2.45) is 0 Å². The summed E-state index contributed by atoms with van der Waals surface area (Å²) in [6.07, 6.45) is 54.3. The minimum Gasteiger partial charge on any atom is -0.853 e. The van der Waals surface area contributed by atoms with Gasteiger partial charge in [-0.05, 0) is 58.4 Å². The third-order valence-electron chi connectivity index (χ3n) is 13.0. The maximum absolute atomic E-state index is 12.0. The Balaban J connectivity index is -0.00000121. The Morgan fingerprint density at radius 3 is 0.609 bits per heavy atom. The van der Waals surface area contributed by atoms with Crippen LogP contribution in [0.2, 0.25) is 0 Å². The summed E-state index contributed by atoms with van der Waals surface area (Å²) in [5, 5.41) is 0. The molecule has 0 saturated heterocycles. The van der Waals surface area contributed by atoms with Gasteiger partial charge in [0.1, 0.15) is 0 Å². The number of hydrogen-bond acceptors (Lipinski definition) is 6. The molecule has 0 heterocycles. The summed E-state index contributed by atoms with van der Waals surface area (Å²) in [5.74, 6) is 1.38. The Kier molecular flexibility index (Phi) is 60.5. The van der Waals surface area contributed by atoms with Gasteiger partial charge in [-0.15, -0.1) is 0 Å². The van der Waals surface area contributed by atoms with Crippen LogP contribution in [0.15, 0.2) is 70.5 Å². The van der Waals surface area contributed by atoms with E-state index in [-0.39, 0.29) is 58.4 Å². The molecule has 2 atom stereocenters. The second kappa shape index (κ2) is 55.2. The van der Waals surface area contributed by atoms with Gasteiger partial charge in [0.05, 0.1) is 0 Å². The molecule has 4 nitrogen and oxygen atoms in total. The Morgan fingerprint density at radius 2 is 0.449 bits per heavy atom. The molecule has 0 saturated carbocycles. The summed E-state index contributed by atoms with van der Waals surface area (Å²) in [7, 11) is -1.62. The molecule has 2 aromatic carbocycles. The predicted octanol–water partition coefficient (Wildman–Crippen LogP) is 16.9. The molecular formula is C56H100O4P2S4Zn3. The molecule has 388 valence electrons. The van der Waals surface area contributed by atoms with Gasteiger partial charge in [0.2, 0.25) is 0 Å². The summed E-state index contributed by atoms with van der Waals surface area (Å²) < 4.78 is 0. The Bertz CT molecular complexity index is 1340. The first-order valence-corrected chi connectivity index (χ1v) is 37.0. The van der Waals surface area contributed by atoms with Crippen LogP contribution in [0.4, 0.5) is 0 Å². The molecule has 0 aliphatic heterocycles. The molecule has 13 heteroatoms. The molecule has 2 aromatic rings. The quantitative estimate of drug-likeness (QED) is 0.0284. The van der Waals surface area contributed by atoms with Crippen LogP contribution >= 0.6 is 11.4 Å². The number of rotatable bonds is 44. The standard InChI is InChI=1S/2C28H50O2PS2.3Zn/c2*1-2-3-4-5-6-7-8-9-10-11-12-13-14-15-16-17-18-19-20-24-27-33(31(29,30)32)28-25-22-21-23-26-28;;;/h2*21-23,25-26H,2-20,24,27H2,1H3;;;/q2*-3;3*+2. The third kappa shape index (κ3) is 48.5. The molecule has 0 aromatic heterocycles. The molecule has 0 bridgehead atoms. The topological polar surface area (TPSA) is 92.2 Å². The number of hydrogen-bond donors (Lipinski definition) is 0. The molecule has 0 aliphatic carbocycles. The van der Waals surface area contributed by atoms with Crippen LogP contribution in [0.1, 0.15) is 271 Å². The van der Waals surface area contributed by atoms with Gasteiger partial charge in [-0.2, -0.15) is 0 Å². The summed E-state index contributed by atoms with van der Waals surface area (Å²) in [6.45, 7) is 4.57. The maximum atomic E-state index is 12.0. The minimum absolute atomic E-state index is 0. The molecule has 0 fully saturated rings. The molecular weight excluding hydrogens is 1120 g/mol. The minimum atomic E-state index is -3.73. The van der Waals surface area contributed by atoms with Gasteiger partial charge in [-0.25, -0.2) is 20.1 Å². The van der Waals surface area contributed by atoms with E-state index in [1.54, 1.807) is 0 Å². The van der Waals surface area contributed by atoms with Gasteiger partial charge in [0.15, 0.2) is 0 Å². The fourth-order valence-corrected chi connectivity index (χ4v) is 19.5. The van der Waals surface area contributed by atoms with Crippen molar-refractivity contribution < 1.29 is 78.0 Å². The van der Waals surface area contributed by atoms with Gasteiger partial charge >= 0.3 is 58.4 Å². The largest absolute Gasteiger partial charge is 2.00 e. The average molecular weight is 1220 g/mol. The summed E-state index contributed by atoms with van der Waals surface area (Å²) in [6, 6.07) is 19.0. The van der Waals surface area contributed by atoms with Crippen molar-refractivity contribution in [3.63, 3.8) is 0 Å². The maximum Gasteiger partial charge on any atom is 2.00 e. The SMILES string of the molecule is CCCCCCCCCCCCCCCCCCCCCCS(c1ccccc1)=P([O-])([O-])[S-].CCCCCCCCCCCCCCCCCCCCCCS(c1ccccc1)=P([O-])([O-])[S-].[Zn+2].[Zn+2].[Zn+2]. The van der Waals surface area contributed by atoms with Crippen molar-refractivity contribution >= 4 is 56.0 Å². The summed E-state index contributed by atoms with van der Waals surface area (Å²) >= 11 is 9.65. The average Bonchev–Trinajstić information content (AvgIpc) is 3.30. The van der Waals surface area contributed by atoms with Crippen LogP contribution in [0.3, 0.4) is 0 Å². The molecule has 0 aliphatic rings. The van der Waals surface area contributed by atoms with E-state index in [1.807, 2.05) is 60.7 Å². The van der Waals surface area contributed by atoms with Crippen LogP contribution in [-0.2, 0) is 103 Å².